The van der Waals surface area contributed by atoms with Crippen LogP contribution in [-0.4, -0.2) is 22.8 Å². The van der Waals surface area contributed by atoms with E-state index in [1.54, 1.807) is 45.4 Å². The summed E-state index contributed by atoms with van der Waals surface area (Å²) in [4.78, 5) is 4.03. The van der Waals surface area contributed by atoms with Crippen LogP contribution in [0.3, 0.4) is 0 Å². The Morgan fingerprint density at radius 1 is 1.14 bits per heavy atom. The number of guanidine groups is 1. The Labute approximate surface area is 166 Å². The number of furan rings is 1. The lowest BCUT2D eigenvalue weighted by Gasteiger charge is -2.17. The van der Waals surface area contributed by atoms with Gasteiger partial charge in [0.2, 0.25) is 0 Å². The average Bonchev–Trinajstić information content (AvgIpc) is 3.30. The molecule has 3 rings (SSSR count). The molecule has 2 heterocycles. The third-order valence-corrected chi connectivity index (χ3v) is 4.33. The molecule has 0 fully saturated rings. The van der Waals surface area contributed by atoms with Crippen LogP contribution < -0.4 is 10.6 Å². The van der Waals surface area contributed by atoms with Gasteiger partial charge in [0, 0.05) is 19.3 Å². The summed E-state index contributed by atoms with van der Waals surface area (Å²) < 4.78 is 47.7. The predicted octanol–water partition coefficient (Wildman–Crippen LogP) is 3.97. The van der Waals surface area contributed by atoms with Crippen LogP contribution in [0.25, 0.3) is 5.69 Å². The lowest BCUT2D eigenvalue weighted by molar-refractivity contribution is -0.138. The maximum Gasteiger partial charge on any atom is 0.416 e. The van der Waals surface area contributed by atoms with Gasteiger partial charge in [-0.3, -0.25) is 4.99 Å². The zero-order chi connectivity index (χ0) is 21.0. The Bertz CT molecular complexity index is 990. The van der Waals surface area contributed by atoms with Crippen LogP contribution in [0.1, 0.15) is 28.3 Å². The van der Waals surface area contributed by atoms with Crippen molar-refractivity contribution in [2.75, 3.05) is 7.05 Å². The fourth-order valence-corrected chi connectivity index (χ4v) is 2.99. The Kier molecular flexibility index (Phi) is 5.95. The van der Waals surface area contributed by atoms with Crippen molar-refractivity contribution in [3.8, 4) is 5.69 Å². The second-order valence-electron chi connectivity index (χ2n) is 6.54. The molecule has 9 heteroatoms. The fourth-order valence-electron chi connectivity index (χ4n) is 2.99. The number of nitrogens with zero attached hydrogens (tertiary/aromatic N) is 3. The van der Waals surface area contributed by atoms with E-state index in [2.05, 4.69) is 20.7 Å². The Hall–Kier alpha value is -3.23. The average molecular weight is 405 g/mol. The highest BCUT2D eigenvalue weighted by Gasteiger charge is 2.33. The molecule has 0 aliphatic carbocycles. The zero-order valence-corrected chi connectivity index (χ0v) is 16.3. The molecule has 29 heavy (non-hydrogen) atoms. The number of nitrogens with one attached hydrogen (secondary N) is 2. The maximum absolute atomic E-state index is 13.7. The first-order valence-corrected chi connectivity index (χ1v) is 8.98. The molecule has 1 aromatic carbocycles. The highest BCUT2D eigenvalue weighted by Crippen LogP contribution is 2.33. The summed E-state index contributed by atoms with van der Waals surface area (Å²) in [6.07, 6.45) is -2.94. The van der Waals surface area contributed by atoms with Gasteiger partial charge in [0.05, 0.1) is 29.8 Å². The van der Waals surface area contributed by atoms with Gasteiger partial charge in [-0.15, -0.1) is 0 Å². The summed E-state index contributed by atoms with van der Waals surface area (Å²) in [5, 5.41) is 10.2. The quantitative estimate of drug-likeness (QED) is 0.498. The van der Waals surface area contributed by atoms with Crippen molar-refractivity contribution in [2.45, 2.75) is 33.1 Å². The number of hydrogen-bond acceptors (Lipinski definition) is 3. The summed E-state index contributed by atoms with van der Waals surface area (Å²) in [7, 11) is 1.55. The summed E-state index contributed by atoms with van der Waals surface area (Å²) in [6.45, 7) is 3.94. The lowest BCUT2D eigenvalue weighted by Crippen LogP contribution is -2.36. The second kappa shape index (κ2) is 8.42. The van der Waals surface area contributed by atoms with Gasteiger partial charge in [0.15, 0.2) is 5.96 Å². The number of hydrogen-bond donors (Lipinski definition) is 2. The van der Waals surface area contributed by atoms with Crippen LogP contribution in [0.2, 0.25) is 0 Å². The Morgan fingerprint density at radius 3 is 2.48 bits per heavy atom. The smallest absolute Gasteiger partial charge is 0.416 e. The van der Waals surface area contributed by atoms with Gasteiger partial charge in [-0.05, 0) is 49.7 Å². The van der Waals surface area contributed by atoms with E-state index in [1.807, 2.05) is 6.07 Å². The molecule has 3 aromatic rings. The van der Waals surface area contributed by atoms with Gasteiger partial charge >= 0.3 is 6.18 Å². The number of aliphatic imine (C=N–C) groups is 1. The maximum atomic E-state index is 13.7. The topological polar surface area (TPSA) is 67.4 Å². The van der Waals surface area contributed by atoms with Crippen LogP contribution in [0, 0.1) is 13.8 Å². The van der Waals surface area contributed by atoms with Crippen molar-refractivity contribution in [3.63, 3.8) is 0 Å². The summed E-state index contributed by atoms with van der Waals surface area (Å²) in [5.41, 5.74) is 1.28. The number of aryl methyl sites for hydroxylation is 2. The summed E-state index contributed by atoms with van der Waals surface area (Å²) in [6, 6.07) is 9.58. The minimum absolute atomic E-state index is 0.0376. The van der Waals surface area contributed by atoms with E-state index in [4.69, 9.17) is 4.42 Å². The first-order valence-electron chi connectivity index (χ1n) is 8.98. The van der Waals surface area contributed by atoms with E-state index in [-0.39, 0.29) is 12.1 Å². The molecule has 154 valence electrons. The van der Waals surface area contributed by atoms with Crippen LogP contribution in [-0.2, 0) is 19.3 Å². The molecule has 0 saturated heterocycles. The van der Waals surface area contributed by atoms with Crippen molar-refractivity contribution in [1.29, 1.82) is 0 Å². The van der Waals surface area contributed by atoms with Gasteiger partial charge in [0.25, 0.3) is 0 Å². The number of alkyl halides is 3. The van der Waals surface area contributed by atoms with Gasteiger partial charge in [-0.1, -0.05) is 6.07 Å². The molecule has 2 aromatic heterocycles. The molecule has 0 aliphatic rings. The molecule has 0 amide bonds. The Morgan fingerprint density at radius 2 is 1.90 bits per heavy atom. The summed E-state index contributed by atoms with van der Waals surface area (Å²) >= 11 is 0. The lowest BCUT2D eigenvalue weighted by atomic mass is 10.1. The highest BCUT2D eigenvalue weighted by molar-refractivity contribution is 5.79. The van der Waals surface area contributed by atoms with Crippen LogP contribution in [0.4, 0.5) is 13.2 Å². The van der Waals surface area contributed by atoms with Gasteiger partial charge in [-0.25, -0.2) is 4.68 Å². The van der Waals surface area contributed by atoms with Crippen LogP contribution in [0.15, 0.2) is 52.1 Å². The van der Waals surface area contributed by atoms with Gasteiger partial charge in [-0.2, -0.15) is 18.3 Å². The summed E-state index contributed by atoms with van der Waals surface area (Å²) in [5.74, 6) is 1.07. The molecule has 2 N–H and O–H groups in total. The molecule has 0 radical (unpaired) electrons. The molecule has 0 bridgehead atoms. The SMILES string of the molecule is CN=C(NCc1ccco1)NCc1ccc(-n2nc(C)cc2C)cc1C(F)(F)F. The van der Waals surface area contributed by atoms with Gasteiger partial charge < -0.3 is 15.1 Å². The van der Waals surface area contributed by atoms with E-state index in [0.717, 1.165) is 17.5 Å². The molecule has 0 unspecified atom stereocenters. The van der Waals surface area contributed by atoms with E-state index in [9.17, 15) is 13.2 Å². The largest absolute Gasteiger partial charge is 0.467 e. The highest BCUT2D eigenvalue weighted by atomic mass is 19.4. The van der Waals surface area contributed by atoms with Crippen molar-refractivity contribution in [1.82, 2.24) is 20.4 Å². The first-order chi connectivity index (χ1) is 13.8. The van der Waals surface area contributed by atoms with E-state index < -0.39 is 11.7 Å². The standard InChI is InChI=1S/C20H22F3N5O/c1-13-9-14(2)28(27-13)16-7-6-15(18(10-16)20(21,22)23)11-25-19(24-3)26-12-17-5-4-8-29-17/h4-10H,11-12H2,1-3H3,(H2,24,25,26). The normalized spacial score (nSPS) is 12.3. The second-order valence-corrected chi connectivity index (χ2v) is 6.54. The third-order valence-electron chi connectivity index (χ3n) is 4.33. The van der Waals surface area contributed by atoms with Gasteiger partial charge in [0.1, 0.15) is 5.76 Å². The fraction of sp³-hybridized carbons (Fsp3) is 0.300. The number of halogens is 3. The molecular weight excluding hydrogens is 383 g/mol. The molecule has 6 nitrogen and oxygen atoms in total. The number of rotatable bonds is 5. The van der Waals surface area contributed by atoms with E-state index in [1.165, 1.54) is 10.7 Å². The predicted molar refractivity (Wildman–Crippen MR) is 104 cm³/mol. The van der Waals surface area contributed by atoms with E-state index >= 15 is 0 Å². The van der Waals surface area contributed by atoms with Crippen molar-refractivity contribution >= 4 is 5.96 Å². The first kappa shape index (κ1) is 20.5. The number of aromatic nitrogens is 2. The monoisotopic (exact) mass is 405 g/mol. The van der Waals surface area contributed by atoms with Crippen molar-refractivity contribution in [3.05, 3.63) is 70.9 Å². The molecule has 0 spiro atoms. The zero-order valence-electron chi connectivity index (χ0n) is 16.3. The van der Waals surface area contributed by atoms with Crippen LogP contribution >= 0.6 is 0 Å². The minimum Gasteiger partial charge on any atom is -0.467 e. The third kappa shape index (κ3) is 4.98. The molecule has 0 saturated carbocycles. The molecule has 0 aliphatic heterocycles. The Balaban J connectivity index is 1.78. The molecule has 0 atom stereocenters. The van der Waals surface area contributed by atoms with E-state index in [0.29, 0.717) is 24.0 Å². The number of benzene rings is 1. The van der Waals surface area contributed by atoms with Crippen molar-refractivity contribution in [2.24, 2.45) is 4.99 Å². The van der Waals surface area contributed by atoms with Crippen LogP contribution in [0.5, 0.6) is 0 Å². The minimum atomic E-state index is -4.49. The molecular formula is C20H22F3N5O. The van der Waals surface area contributed by atoms with Crippen molar-refractivity contribution < 1.29 is 17.6 Å².